The molecule has 0 aromatic heterocycles. The maximum Gasteiger partial charge on any atom is 0.240 e. The van der Waals surface area contributed by atoms with E-state index in [-0.39, 0.29) is 24.4 Å². The molecule has 0 atom stereocenters. The number of nitrogens with zero attached hydrogens (tertiary/aromatic N) is 1. The topological polar surface area (TPSA) is 49.4 Å². The lowest BCUT2D eigenvalue weighted by Gasteiger charge is -2.25. The Bertz CT molecular complexity index is 496. The lowest BCUT2D eigenvalue weighted by atomic mass is 9.95. The Morgan fingerprint density at radius 2 is 1.81 bits per heavy atom. The van der Waals surface area contributed by atoms with Crippen LogP contribution >= 0.6 is 11.6 Å². The summed E-state index contributed by atoms with van der Waals surface area (Å²) < 4.78 is 0. The smallest absolute Gasteiger partial charge is 0.240 e. The predicted molar refractivity (Wildman–Crippen MR) is 84.5 cm³/mol. The van der Waals surface area contributed by atoms with Gasteiger partial charge < -0.3 is 10.2 Å². The first-order valence-electron chi connectivity index (χ1n) is 7.39. The van der Waals surface area contributed by atoms with Gasteiger partial charge in [0.25, 0.3) is 0 Å². The van der Waals surface area contributed by atoms with Crippen molar-refractivity contribution in [2.75, 3.05) is 11.4 Å². The second-order valence-electron chi connectivity index (χ2n) is 5.48. The van der Waals surface area contributed by atoms with Gasteiger partial charge in [-0.15, -0.1) is 0 Å². The van der Waals surface area contributed by atoms with Crippen molar-refractivity contribution < 1.29 is 9.59 Å². The summed E-state index contributed by atoms with van der Waals surface area (Å²) in [6, 6.07) is 7.18. The average molecular weight is 309 g/mol. The molecular formula is C16H21ClN2O2. The first-order chi connectivity index (χ1) is 10.1. The van der Waals surface area contributed by atoms with Crippen molar-refractivity contribution in [3.8, 4) is 0 Å². The molecule has 114 valence electrons. The van der Waals surface area contributed by atoms with E-state index in [1.165, 1.54) is 31.1 Å². The summed E-state index contributed by atoms with van der Waals surface area (Å²) in [6.07, 6.45) is 5.65. The molecule has 0 bridgehead atoms. The van der Waals surface area contributed by atoms with E-state index in [2.05, 4.69) is 5.32 Å². The molecule has 1 aromatic rings. The van der Waals surface area contributed by atoms with Crippen LogP contribution in [-0.2, 0) is 9.59 Å². The Balaban J connectivity index is 1.97. The highest BCUT2D eigenvalue weighted by molar-refractivity contribution is 6.30. The number of amides is 2. The van der Waals surface area contributed by atoms with E-state index in [0.29, 0.717) is 10.7 Å². The van der Waals surface area contributed by atoms with Crippen molar-refractivity contribution in [3.05, 3.63) is 29.3 Å². The summed E-state index contributed by atoms with van der Waals surface area (Å²) in [5, 5.41) is 3.63. The van der Waals surface area contributed by atoms with E-state index in [1.54, 1.807) is 24.3 Å². The predicted octanol–water partition coefficient (Wildman–Crippen LogP) is 3.14. The van der Waals surface area contributed by atoms with Crippen molar-refractivity contribution >= 4 is 29.1 Å². The summed E-state index contributed by atoms with van der Waals surface area (Å²) >= 11 is 5.85. The van der Waals surface area contributed by atoms with Gasteiger partial charge >= 0.3 is 0 Å². The van der Waals surface area contributed by atoms with Crippen molar-refractivity contribution in [2.24, 2.45) is 0 Å². The van der Waals surface area contributed by atoms with Crippen molar-refractivity contribution in [3.63, 3.8) is 0 Å². The number of nitrogens with one attached hydrogen (secondary N) is 1. The monoisotopic (exact) mass is 308 g/mol. The molecule has 2 rings (SSSR count). The van der Waals surface area contributed by atoms with Crippen LogP contribution < -0.4 is 10.2 Å². The van der Waals surface area contributed by atoms with Gasteiger partial charge in [0.15, 0.2) is 0 Å². The Labute approximate surface area is 130 Å². The molecule has 1 N–H and O–H groups in total. The first-order valence-corrected chi connectivity index (χ1v) is 7.77. The van der Waals surface area contributed by atoms with Gasteiger partial charge in [-0.3, -0.25) is 9.59 Å². The summed E-state index contributed by atoms with van der Waals surface area (Å²) in [4.78, 5) is 25.4. The van der Waals surface area contributed by atoms with Crippen LogP contribution in [0.5, 0.6) is 0 Å². The van der Waals surface area contributed by atoms with E-state index < -0.39 is 0 Å². The largest absolute Gasteiger partial charge is 0.352 e. The van der Waals surface area contributed by atoms with Gasteiger partial charge in [0.2, 0.25) is 11.8 Å². The molecule has 1 fully saturated rings. The van der Waals surface area contributed by atoms with Crippen LogP contribution in [-0.4, -0.2) is 24.4 Å². The molecule has 0 radical (unpaired) electrons. The quantitative estimate of drug-likeness (QED) is 0.929. The van der Waals surface area contributed by atoms with Crippen molar-refractivity contribution in [1.29, 1.82) is 0 Å². The molecule has 21 heavy (non-hydrogen) atoms. The van der Waals surface area contributed by atoms with Crippen LogP contribution in [0, 0.1) is 0 Å². The van der Waals surface area contributed by atoms with Crippen LogP contribution in [0.15, 0.2) is 24.3 Å². The zero-order chi connectivity index (χ0) is 15.2. The molecule has 1 aliphatic carbocycles. The number of halogens is 1. The van der Waals surface area contributed by atoms with Crippen LogP contribution in [0.2, 0.25) is 5.02 Å². The van der Waals surface area contributed by atoms with Crippen molar-refractivity contribution in [1.82, 2.24) is 5.32 Å². The number of carbonyl (C=O) groups is 2. The van der Waals surface area contributed by atoms with Gasteiger partial charge in [0.1, 0.15) is 6.54 Å². The van der Waals surface area contributed by atoms with Gasteiger partial charge in [-0.05, 0) is 37.1 Å². The maximum atomic E-state index is 12.1. The highest BCUT2D eigenvalue weighted by Crippen LogP contribution is 2.19. The summed E-state index contributed by atoms with van der Waals surface area (Å²) in [5.41, 5.74) is 0.686. The fraction of sp³-hybridized carbons (Fsp3) is 0.500. The fourth-order valence-electron chi connectivity index (χ4n) is 2.67. The first kappa shape index (κ1) is 15.8. The van der Waals surface area contributed by atoms with Crippen LogP contribution in [0.1, 0.15) is 39.0 Å². The lowest BCUT2D eigenvalue weighted by Crippen LogP contribution is -2.44. The minimum absolute atomic E-state index is 0.0491. The van der Waals surface area contributed by atoms with Gasteiger partial charge in [-0.25, -0.2) is 0 Å². The number of hydrogen-bond donors (Lipinski definition) is 1. The Morgan fingerprint density at radius 3 is 2.38 bits per heavy atom. The van der Waals surface area contributed by atoms with E-state index in [1.807, 2.05) is 0 Å². The minimum Gasteiger partial charge on any atom is -0.352 e. The van der Waals surface area contributed by atoms with E-state index >= 15 is 0 Å². The molecule has 4 nitrogen and oxygen atoms in total. The van der Waals surface area contributed by atoms with E-state index in [4.69, 9.17) is 11.6 Å². The van der Waals surface area contributed by atoms with Crippen LogP contribution in [0.3, 0.4) is 0 Å². The zero-order valence-corrected chi connectivity index (χ0v) is 13.0. The minimum atomic E-state index is -0.156. The van der Waals surface area contributed by atoms with E-state index in [9.17, 15) is 9.59 Å². The van der Waals surface area contributed by atoms with E-state index in [0.717, 1.165) is 12.8 Å². The molecule has 0 heterocycles. The number of hydrogen-bond acceptors (Lipinski definition) is 2. The third-order valence-corrected chi connectivity index (χ3v) is 4.04. The standard InChI is InChI=1S/C16H21ClN2O2/c1-12(20)19(15-9-7-13(17)8-10-15)11-16(21)18-14-5-3-2-4-6-14/h7-10,14H,2-6,11H2,1H3,(H,18,21). The summed E-state index contributed by atoms with van der Waals surface area (Å²) in [6.45, 7) is 1.51. The van der Waals surface area contributed by atoms with Gasteiger partial charge in [-0.2, -0.15) is 0 Å². The van der Waals surface area contributed by atoms with Crippen LogP contribution in [0.4, 0.5) is 5.69 Å². The average Bonchev–Trinajstić information content (AvgIpc) is 2.47. The molecule has 0 unspecified atom stereocenters. The molecule has 0 saturated heterocycles. The maximum absolute atomic E-state index is 12.1. The Hall–Kier alpha value is -1.55. The zero-order valence-electron chi connectivity index (χ0n) is 12.3. The molecule has 5 heteroatoms. The Morgan fingerprint density at radius 1 is 1.19 bits per heavy atom. The number of rotatable bonds is 4. The molecule has 2 amide bonds. The number of benzene rings is 1. The van der Waals surface area contributed by atoms with Crippen molar-refractivity contribution in [2.45, 2.75) is 45.1 Å². The molecule has 0 spiro atoms. The lowest BCUT2D eigenvalue weighted by molar-refractivity contribution is -0.123. The summed E-state index contributed by atoms with van der Waals surface area (Å²) in [5.74, 6) is -0.261. The number of carbonyl (C=O) groups excluding carboxylic acids is 2. The van der Waals surface area contributed by atoms with Gasteiger partial charge in [0.05, 0.1) is 0 Å². The molecule has 1 saturated carbocycles. The van der Waals surface area contributed by atoms with Gasteiger partial charge in [-0.1, -0.05) is 30.9 Å². The summed E-state index contributed by atoms with van der Waals surface area (Å²) in [7, 11) is 0. The number of anilines is 1. The highest BCUT2D eigenvalue weighted by atomic mass is 35.5. The Kier molecular flexibility index (Phi) is 5.62. The third kappa shape index (κ3) is 4.74. The second kappa shape index (κ2) is 7.46. The molecule has 1 aromatic carbocycles. The van der Waals surface area contributed by atoms with Crippen LogP contribution in [0.25, 0.3) is 0 Å². The molecular weight excluding hydrogens is 288 g/mol. The third-order valence-electron chi connectivity index (χ3n) is 3.79. The fourth-order valence-corrected chi connectivity index (χ4v) is 2.80. The SMILES string of the molecule is CC(=O)N(CC(=O)NC1CCCCC1)c1ccc(Cl)cc1. The normalized spacial score (nSPS) is 15.5. The molecule has 0 aliphatic heterocycles. The van der Waals surface area contributed by atoms with Gasteiger partial charge in [0, 0.05) is 23.7 Å². The second-order valence-corrected chi connectivity index (χ2v) is 5.92. The highest BCUT2D eigenvalue weighted by Gasteiger charge is 2.19. The molecule has 1 aliphatic rings.